The van der Waals surface area contributed by atoms with E-state index in [1.165, 1.54) is 32.1 Å². The molecule has 0 aromatic rings. The van der Waals surface area contributed by atoms with Crippen LogP contribution in [0.4, 0.5) is 0 Å². The Morgan fingerprint density at radius 2 is 1.35 bits per heavy atom. The van der Waals surface area contributed by atoms with E-state index < -0.39 is 0 Å². The molecule has 0 aromatic heterocycles. The smallest absolute Gasteiger partial charge is 0.0332 e. The van der Waals surface area contributed by atoms with Crippen LogP contribution in [0.3, 0.4) is 0 Å². The van der Waals surface area contributed by atoms with Gasteiger partial charge in [0.1, 0.15) is 0 Å². The van der Waals surface area contributed by atoms with Gasteiger partial charge < -0.3 is 0 Å². The van der Waals surface area contributed by atoms with Gasteiger partial charge in [0.05, 0.1) is 0 Å². The summed E-state index contributed by atoms with van der Waals surface area (Å²) in [6.45, 7) is 17.0. The Morgan fingerprint density at radius 3 is 1.71 bits per heavy atom. The highest BCUT2D eigenvalue weighted by molar-refractivity contribution is 4.86. The van der Waals surface area contributed by atoms with E-state index >= 15 is 0 Å². The summed E-state index contributed by atoms with van der Waals surface area (Å²) in [6, 6.07) is 0. The fourth-order valence-corrected chi connectivity index (χ4v) is 3.53. The van der Waals surface area contributed by atoms with Crippen LogP contribution in [0.15, 0.2) is 0 Å². The molecule has 1 rings (SSSR count). The maximum absolute atomic E-state index is 2.45. The molecule has 0 aliphatic heterocycles. The van der Waals surface area contributed by atoms with Crippen molar-refractivity contribution in [3.8, 4) is 0 Å². The van der Waals surface area contributed by atoms with Crippen molar-refractivity contribution in [2.75, 3.05) is 0 Å². The van der Waals surface area contributed by atoms with Crippen LogP contribution in [0.25, 0.3) is 0 Å². The number of rotatable bonds is 2. The quantitative estimate of drug-likeness (QED) is 0.561. The average Bonchev–Trinajstić information content (AvgIpc) is 2.13. The lowest BCUT2D eigenvalue weighted by atomic mass is 9.62. The Balaban J connectivity index is 2.70. The van der Waals surface area contributed by atoms with E-state index in [0.29, 0.717) is 10.8 Å². The van der Waals surface area contributed by atoms with Crippen LogP contribution in [0.2, 0.25) is 0 Å². The van der Waals surface area contributed by atoms with Crippen molar-refractivity contribution in [2.24, 2.45) is 28.6 Å². The van der Waals surface area contributed by atoms with Gasteiger partial charge in [0.2, 0.25) is 0 Å². The van der Waals surface area contributed by atoms with Crippen LogP contribution in [0.5, 0.6) is 0 Å². The molecule has 0 heterocycles. The molecule has 0 aromatic carbocycles. The second-order valence-corrected chi connectivity index (χ2v) is 8.76. The highest BCUT2D eigenvalue weighted by Gasteiger charge is 2.36. The topological polar surface area (TPSA) is 0 Å². The van der Waals surface area contributed by atoms with Crippen molar-refractivity contribution in [3.05, 3.63) is 0 Å². The maximum atomic E-state index is 2.45. The second kappa shape index (κ2) is 5.33. The molecule has 0 nitrogen and oxygen atoms in total. The third-order valence-corrected chi connectivity index (χ3v) is 4.57. The van der Waals surface area contributed by atoms with Crippen LogP contribution in [0.1, 0.15) is 80.6 Å². The van der Waals surface area contributed by atoms with Crippen LogP contribution in [0, 0.1) is 28.6 Å². The second-order valence-electron chi connectivity index (χ2n) is 8.76. The molecular weight excluding hydrogens is 204 g/mol. The van der Waals surface area contributed by atoms with Gasteiger partial charge in [-0.2, -0.15) is 0 Å². The minimum absolute atomic E-state index is 0.471. The Labute approximate surface area is 110 Å². The molecule has 1 atom stereocenters. The fourth-order valence-electron chi connectivity index (χ4n) is 3.53. The zero-order valence-corrected chi connectivity index (χ0v) is 13.3. The molecule has 0 radical (unpaired) electrons. The summed E-state index contributed by atoms with van der Waals surface area (Å²) in [5.41, 5.74) is 0.944. The third-order valence-electron chi connectivity index (χ3n) is 4.57. The van der Waals surface area contributed by atoms with E-state index in [9.17, 15) is 0 Å². The average molecular weight is 238 g/mol. The lowest BCUT2D eigenvalue weighted by molar-refractivity contribution is 0.0714. The third kappa shape index (κ3) is 5.02. The molecule has 0 saturated heterocycles. The van der Waals surface area contributed by atoms with Crippen LogP contribution >= 0.6 is 0 Å². The predicted octanol–water partition coefficient (Wildman–Crippen LogP) is 5.91. The highest BCUT2D eigenvalue weighted by atomic mass is 14.4. The monoisotopic (exact) mass is 238 g/mol. The first kappa shape index (κ1) is 15.1. The first-order chi connectivity index (χ1) is 7.59. The van der Waals surface area contributed by atoms with Gasteiger partial charge in [-0.15, -0.1) is 0 Å². The van der Waals surface area contributed by atoms with Gasteiger partial charge in [-0.3, -0.25) is 0 Å². The molecule has 0 spiro atoms. The van der Waals surface area contributed by atoms with Crippen molar-refractivity contribution in [3.63, 3.8) is 0 Å². The molecule has 0 bridgehead atoms. The summed E-state index contributed by atoms with van der Waals surface area (Å²) in [5, 5.41) is 0. The molecule has 17 heavy (non-hydrogen) atoms. The Kier molecular flexibility index (Phi) is 4.72. The molecule has 0 heteroatoms. The Morgan fingerprint density at radius 1 is 0.882 bits per heavy atom. The summed E-state index contributed by atoms with van der Waals surface area (Å²) in [7, 11) is 0. The zero-order valence-electron chi connectivity index (χ0n) is 13.3. The first-order valence-corrected chi connectivity index (χ1v) is 7.59. The van der Waals surface area contributed by atoms with Gasteiger partial charge in [0, 0.05) is 0 Å². The number of hydrogen-bond donors (Lipinski definition) is 0. The lowest BCUT2D eigenvalue weighted by Crippen LogP contribution is -2.33. The summed E-state index contributed by atoms with van der Waals surface area (Å²) in [4.78, 5) is 0. The largest absolute Gasteiger partial charge is 0.0625 e. The van der Waals surface area contributed by atoms with Gasteiger partial charge in [-0.25, -0.2) is 0 Å². The van der Waals surface area contributed by atoms with Gasteiger partial charge >= 0.3 is 0 Å². The van der Waals surface area contributed by atoms with E-state index in [-0.39, 0.29) is 0 Å². The molecule has 0 N–H and O–H groups in total. The van der Waals surface area contributed by atoms with E-state index in [4.69, 9.17) is 0 Å². The van der Waals surface area contributed by atoms with Gasteiger partial charge in [0.25, 0.3) is 0 Å². The zero-order chi connectivity index (χ0) is 13.3. The van der Waals surface area contributed by atoms with Gasteiger partial charge in [-0.05, 0) is 47.8 Å². The minimum Gasteiger partial charge on any atom is -0.0625 e. The maximum Gasteiger partial charge on any atom is -0.0332 e. The van der Waals surface area contributed by atoms with Crippen LogP contribution in [-0.4, -0.2) is 0 Å². The molecule has 0 amide bonds. The molecule has 102 valence electrons. The lowest BCUT2D eigenvalue weighted by Gasteiger charge is -2.43. The van der Waals surface area contributed by atoms with E-state index in [1.54, 1.807) is 0 Å². The Bertz CT molecular complexity index is 217. The van der Waals surface area contributed by atoms with Gasteiger partial charge in [-0.1, -0.05) is 61.3 Å². The van der Waals surface area contributed by atoms with Crippen LogP contribution < -0.4 is 0 Å². The molecule has 1 fully saturated rings. The molecule has 1 aliphatic carbocycles. The van der Waals surface area contributed by atoms with Crippen molar-refractivity contribution < 1.29 is 0 Å². The standard InChI is InChI=1S/C17H34/c1-13-8-10-14(11-9-13)15(17(5,6)7)12-16(2,3)4/h13-15H,8-12H2,1-7H3. The molecule has 1 saturated carbocycles. The summed E-state index contributed by atoms with van der Waals surface area (Å²) >= 11 is 0. The summed E-state index contributed by atoms with van der Waals surface area (Å²) in [6.07, 6.45) is 7.25. The number of hydrogen-bond acceptors (Lipinski definition) is 0. The molecular formula is C17H34. The van der Waals surface area contributed by atoms with E-state index in [0.717, 1.165) is 17.8 Å². The van der Waals surface area contributed by atoms with Crippen molar-refractivity contribution in [2.45, 2.75) is 80.6 Å². The van der Waals surface area contributed by atoms with Crippen molar-refractivity contribution in [1.82, 2.24) is 0 Å². The molecule has 1 aliphatic rings. The van der Waals surface area contributed by atoms with E-state index in [1.807, 2.05) is 0 Å². The van der Waals surface area contributed by atoms with Crippen molar-refractivity contribution in [1.29, 1.82) is 0 Å². The Hall–Kier alpha value is 0. The summed E-state index contributed by atoms with van der Waals surface area (Å²) < 4.78 is 0. The summed E-state index contributed by atoms with van der Waals surface area (Å²) in [5.74, 6) is 2.85. The molecule has 1 unspecified atom stereocenters. The van der Waals surface area contributed by atoms with Crippen molar-refractivity contribution >= 4 is 0 Å². The minimum atomic E-state index is 0.471. The first-order valence-electron chi connectivity index (χ1n) is 7.59. The van der Waals surface area contributed by atoms with Crippen LogP contribution in [-0.2, 0) is 0 Å². The van der Waals surface area contributed by atoms with Gasteiger partial charge in [0.15, 0.2) is 0 Å². The normalized spacial score (nSPS) is 29.1. The van der Waals surface area contributed by atoms with E-state index in [2.05, 4.69) is 48.5 Å². The fraction of sp³-hybridized carbons (Fsp3) is 1.00. The predicted molar refractivity (Wildman–Crippen MR) is 78.1 cm³/mol. The highest BCUT2D eigenvalue weighted by Crippen LogP contribution is 2.46. The SMILES string of the molecule is CC1CCC(C(CC(C)(C)C)C(C)(C)C)CC1.